The standard InChI is InChI=1S/C33H38N2O5/c36-21-10-22-39-28-17-15-27(16-18-28)30-35-33(23-25-11-4-1-5-12-25,29(40-30)26-13-6-2-7-14-26)31(37)34-24-32(38)19-8-3-9-20-32/h1-2,4-7,11-18,29,36,38H,3,8-10,19-24H2,(H,34,37)/t29-,33-/m1/s1. The van der Waals surface area contributed by atoms with Crippen LogP contribution in [-0.4, -0.2) is 52.9 Å². The molecule has 1 heterocycles. The number of rotatable bonds is 11. The van der Waals surface area contributed by atoms with Crippen LogP contribution < -0.4 is 10.1 Å². The van der Waals surface area contributed by atoms with Crippen molar-refractivity contribution in [2.45, 2.75) is 62.2 Å². The van der Waals surface area contributed by atoms with Gasteiger partial charge >= 0.3 is 0 Å². The van der Waals surface area contributed by atoms with Gasteiger partial charge in [-0.25, -0.2) is 4.99 Å². The average molecular weight is 543 g/mol. The molecule has 0 spiro atoms. The molecule has 3 N–H and O–H groups in total. The molecule has 2 atom stereocenters. The van der Waals surface area contributed by atoms with E-state index >= 15 is 0 Å². The second kappa shape index (κ2) is 12.7. The van der Waals surface area contributed by atoms with Gasteiger partial charge in [-0.05, 0) is 48.2 Å². The maximum absolute atomic E-state index is 14.3. The number of benzene rings is 3. The van der Waals surface area contributed by atoms with Crippen LogP contribution in [0.25, 0.3) is 0 Å². The molecule has 0 saturated heterocycles. The van der Waals surface area contributed by atoms with E-state index in [0.29, 0.717) is 43.9 Å². The Morgan fingerprint density at radius 2 is 1.62 bits per heavy atom. The molecule has 5 rings (SSSR count). The molecule has 0 radical (unpaired) electrons. The fourth-order valence-electron chi connectivity index (χ4n) is 5.60. The van der Waals surface area contributed by atoms with Gasteiger partial charge in [-0.2, -0.15) is 0 Å². The monoisotopic (exact) mass is 542 g/mol. The summed E-state index contributed by atoms with van der Waals surface area (Å²) >= 11 is 0. The quantitative estimate of drug-likeness (QED) is 0.304. The predicted molar refractivity (Wildman–Crippen MR) is 154 cm³/mol. The number of aliphatic imine (C=N–C) groups is 1. The summed E-state index contributed by atoms with van der Waals surface area (Å²) < 4.78 is 12.2. The smallest absolute Gasteiger partial charge is 0.252 e. The third-order valence-electron chi connectivity index (χ3n) is 7.81. The molecule has 0 bridgehead atoms. The lowest BCUT2D eigenvalue weighted by Gasteiger charge is -2.35. The van der Waals surface area contributed by atoms with E-state index < -0.39 is 17.2 Å². The van der Waals surface area contributed by atoms with E-state index in [0.717, 1.165) is 36.0 Å². The van der Waals surface area contributed by atoms with E-state index in [1.165, 1.54) is 0 Å². The summed E-state index contributed by atoms with van der Waals surface area (Å²) in [6.07, 6.45) is 4.62. The number of carbonyl (C=O) groups is 1. The Hall–Kier alpha value is -3.68. The molecule has 1 fully saturated rings. The zero-order valence-corrected chi connectivity index (χ0v) is 22.8. The van der Waals surface area contributed by atoms with Gasteiger partial charge in [0, 0.05) is 31.6 Å². The lowest BCUT2D eigenvalue weighted by Crippen LogP contribution is -2.54. The van der Waals surface area contributed by atoms with Crippen molar-refractivity contribution in [3.05, 3.63) is 102 Å². The predicted octanol–water partition coefficient (Wildman–Crippen LogP) is 4.76. The van der Waals surface area contributed by atoms with E-state index in [1.807, 2.05) is 84.9 Å². The number of hydrogen-bond acceptors (Lipinski definition) is 6. The molecule has 1 amide bonds. The lowest BCUT2D eigenvalue weighted by atomic mass is 9.81. The number of hydrogen-bond donors (Lipinski definition) is 3. The number of ether oxygens (including phenoxy) is 2. The Kier molecular flexibility index (Phi) is 8.82. The van der Waals surface area contributed by atoms with Crippen LogP contribution in [0, 0.1) is 0 Å². The van der Waals surface area contributed by atoms with Gasteiger partial charge in [0.05, 0.1) is 12.2 Å². The summed E-state index contributed by atoms with van der Waals surface area (Å²) in [5.41, 5.74) is 0.384. The third-order valence-corrected chi connectivity index (χ3v) is 7.81. The fraction of sp³-hybridized carbons (Fsp3) is 0.394. The molecule has 7 heteroatoms. The molecule has 1 aliphatic heterocycles. The number of aliphatic hydroxyl groups excluding tert-OH is 1. The second-order valence-corrected chi connectivity index (χ2v) is 10.8. The molecule has 1 aliphatic carbocycles. The van der Waals surface area contributed by atoms with Crippen LogP contribution in [0.3, 0.4) is 0 Å². The van der Waals surface area contributed by atoms with Crippen LogP contribution in [-0.2, 0) is 16.0 Å². The molecule has 2 aliphatic rings. The highest BCUT2D eigenvalue weighted by Crippen LogP contribution is 2.42. The van der Waals surface area contributed by atoms with E-state index in [4.69, 9.17) is 19.6 Å². The third kappa shape index (κ3) is 6.37. The van der Waals surface area contributed by atoms with Crippen molar-refractivity contribution in [2.75, 3.05) is 19.8 Å². The van der Waals surface area contributed by atoms with Crippen LogP contribution in [0.5, 0.6) is 5.75 Å². The molecule has 210 valence electrons. The van der Waals surface area contributed by atoms with Crippen molar-refractivity contribution in [3.8, 4) is 5.75 Å². The minimum Gasteiger partial charge on any atom is -0.494 e. The van der Waals surface area contributed by atoms with Crippen molar-refractivity contribution in [2.24, 2.45) is 4.99 Å². The normalized spacial score (nSPS) is 21.8. The Labute approximate surface area is 235 Å². The molecule has 3 aromatic carbocycles. The van der Waals surface area contributed by atoms with Crippen molar-refractivity contribution in [3.63, 3.8) is 0 Å². The lowest BCUT2D eigenvalue weighted by molar-refractivity contribution is -0.130. The van der Waals surface area contributed by atoms with Crippen LogP contribution in [0.4, 0.5) is 0 Å². The highest BCUT2D eigenvalue weighted by molar-refractivity contribution is 6.01. The van der Waals surface area contributed by atoms with Gasteiger partial charge in [-0.15, -0.1) is 0 Å². The van der Waals surface area contributed by atoms with Crippen LogP contribution >= 0.6 is 0 Å². The maximum Gasteiger partial charge on any atom is 0.252 e. The summed E-state index contributed by atoms with van der Waals surface area (Å²) in [6, 6.07) is 27.0. The van der Waals surface area contributed by atoms with Crippen LogP contribution in [0.2, 0.25) is 0 Å². The van der Waals surface area contributed by atoms with Gasteiger partial charge in [0.2, 0.25) is 5.90 Å². The number of nitrogens with zero attached hydrogens (tertiary/aromatic N) is 1. The van der Waals surface area contributed by atoms with Crippen LogP contribution in [0.1, 0.15) is 61.3 Å². The highest BCUT2D eigenvalue weighted by atomic mass is 16.5. The van der Waals surface area contributed by atoms with E-state index in [1.54, 1.807) is 0 Å². The Morgan fingerprint density at radius 3 is 2.30 bits per heavy atom. The molecule has 7 nitrogen and oxygen atoms in total. The molecule has 40 heavy (non-hydrogen) atoms. The number of amides is 1. The zero-order chi connectivity index (χ0) is 27.8. The van der Waals surface area contributed by atoms with E-state index in [2.05, 4.69) is 5.32 Å². The topological polar surface area (TPSA) is 100 Å². The maximum atomic E-state index is 14.3. The Bertz CT molecular complexity index is 1270. The summed E-state index contributed by atoms with van der Waals surface area (Å²) in [6.45, 7) is 0.692. The number of aliphatic hydroxyl groups is 2. The number of nitrogens with one attached hydrogen (secondary N) is 1. The summed E-state index contributed by atoms with van der Waals surface area (Å²) in [7, 11) is 0. The first-order chi connectivity index (χ1) is 19.5. The molecule has 1 saturated carbocycles. The molecule has 0 unspecified atom stereocenters. The first-order valence-electron chi connectivity index (χ1n) is 14.2. The van der Waals surface area contributed by atoms with Gasteiger partial charge < -0.3 is 25.0 Å². The van der Waals surface area contributed by atoms with Gasteiger partial charge in [0.15, 0.2) is 11.6 Å². The minimum atomic E-state index is -1.28. The summed E-state index contributed by atoms with van der Waals surface area (Å²) in [5, 5.41) is 23.3. The fourth-order valence-corrected chi connectivity index (χ4v) is 5.60. The molecular weight excluding hydrogens is 504 g/mol. The Morgan fingerprint density at radius 1 is 0.950 bits per heavy atom. The second-order valence-electron chi connectivity index (χ2n) is 10.8. The van der Waals surface area contributed by atoms with Crippen LogP contribution in [0.15, 0.2) is 89.9 Å². The average Bonchev–Trinajstić information content (AvgIpc) is 3.38. The molecule has 0 aromatic heterocycles. The van der Waals surface area contributed by atoms with Gasteiger partial charge in [-0.1, -0.05) is 79.9 Å². The van der Waals surface area contributed by atoms with E-state index in [-0.39, 0.29) is 19.1 Å². The SMILES string of the molecule is O=C(NCC1(O)CCCCC1)[C@]1(Cc2ccccc2)N=C(c2ccc(OCCCO)cc2)O[C@@H]1c1ccccc1. The minimum absolute atomic E-state index is 0.0760. The zero-order valence-electron chi connectivity index (χ0n) is 22.8. The molecular formula is C33H38N2O5. The number of carbonyl (C=O) groups excluding carboxylic acids is 1. The first kappa shape index (κ1) is 27.9. The van der Waals surface area contributed by atoms with Gasteiger partial charge in [-0.3, -0.25) is 4.79 Å². The molecule has 3 aromatic rings. The van der Waals surface area contributed by atoms with Crippen molar-refractivity contribution in [1.82, 2.24) is 5.32 Å². The van der Waals surface area contributed by atoms with Crippen molar-refractivity contribution >= 4 is 11.8 Å². The van der Waals surface area contributed by atoms with Crippen molar-refractivity contribution < 1.29 is 24.5 Å². The van der Waals surface area contributed by atoms with Gasteiger partial charge in [0.1, 0.15) is 5.75 Å². The summed E-state index contributed by atoms with van der Waals surface area (Å²) in [4.78, 5) is 19.3. The Balaban J connectivity index is 1.50. The van der Waals surface area contributed by atoms with Gasteiger partial charge in [0.25, 0.3) is 5.91 Å². The highest BCUT2D eigenvalue weighted by Gasteiger charge is 2.53. The summed E-state index contributed by atoms with van der Waals surface area (Å²) in [5.74, 6) is 0.811. The first-order valence-corrected chi connectivity index (χ1v) is 14.2. The van der Waals surface area contributed by atoms with Crippen molar-refractivity contribution in [1.29, 1.82) is 0 Å². The van der Waals surface area contributed by atoms with E-state index in [9.17, 15) is 9.90 Å². The largest absolute Gasteiger partial charge is 0.494 e.